The van der Waals surface area contributed by atoms with E-state index in [2.05, 4.69) is 24.8 Å². The molecule has 4 aromatic heterocycles. The number of nitrogens with zero attached hydrogens (tertiary/aromatic N) is 7. The van der Waals surface area contributed by atoms with Crippen LogP contribution in [0, 0.1) is 5.82 Å². The molecule has 2 N–H and O–H groups in total. The number of likely N-dealkylation sites (N-methyl/N-ethyl adjacent to an activating group) is 1. The minimum atomic E-state index is -1.42. The number of anilines is 2. The van der Waals surface area contributed by atoms with Crippen molar-refractivity contribution >= 4 is 40.0 Å². The SMILES string of the molecule is CN(C)C1CN(c2ccc(-n3cc(C(=O)O)c(=O)c4cc(F)c(N5C[C@@H](c6ccc(O)nc6)C[C@@H]5COc5ncccc5Cl)cc43)cn2)C1. The van der Waals surface area contributed by atoms with Gasteiger partial charge in [-0.3, -0.25) is 4.79 Å². The highest BCUT2D eigenvalue weighted by atomic mass is 35.5. The van der Waals surface area contributed by atoms with Gasteiger partial charge in [-0.25, -0.2) is 24.1 Å². The van der Waals surface area contributed by atoms with Gasteiger partial charge < -0.3 is 34.2 Å². The van der Waals surface area contributed by atoms with Gasteiger partial charge in [-0.1, -0.05) is 17.7 Å². The zero-order valence-corrected chi connectivity index (χ0v) is 27.5. The topological polar surface area (TPSA) is 137 Å². The Bertz CT molecular complexity index is 2090. The Kier molecular flexibility index (Phi) is 8.55. The van der Waals surface area contributed by atoms with Crippen molar-refractivity contribution in [3.63, 3.8) is 0 Å². The van der Waals surface area contributed by atoms with E-state index in [0.29, 0.717) is 35.2 Å². The largest absolute Gasteiger partial charge is 0.493 e. The van der Waals surface area contributed by atoms with Crippen molar-refractivity contribution in [3.8, 4) is 17.4 Å². The maximum Gasteiger partial charge on any atom is 0.341 e. The lowest BCUT2D eigenvalue weighted by molar-refractivity contribution is 0.0695. The molecule has 2 fully saturated rings. The maximum atomic E-state index is 16.2. The Morgan fingerprint density at radius 2 is 1.90 bits per heavy atom. The van der Waals surface area contributed by atoms with Crippen LogP contribution in [0.5, 0.6) is 11.8 Å². The summed E-state index contributed by atoms with van der Waals surface area (Å²) in [6, 6.07) is 13.1. The molecule has 1 aromatic carbocycles. The number of halogens is 2. The number of fused-ring (bicyclic) bond motifs is 1. The second-order valence-electron chi connectivity index (χ2n) is 12.6. The molecule has 6 heterocycles. The monoisotopic (exact) mass is 685 g/mol. The van der Waals surface area contributed by atoms with Crippen LogP contribution >= 0.6 is 11.6 Å². The van der Waals surface area contributed by atoms with Crippen molar-refractivity contribution in [1.29, 1.82) is 0 Å². The quantitative estimate of drug-likeness (QED) is 0.226. The van der Waals surface area contributed by atoms with Gasteiger partial charge in [-0.05, 0) is 62.5 Å². The summed E-state index contributed by atoms with van der Waals surface area (Å²) in [5.41, 5.74) is 0.620. The Hall–Kier alpha value is -5.27. The average Bonchev–Trinajstić information content (AvgIpc) is 3.48. The lowest BCUT2D eigenvalue weighted by Crippen LogP contribution is -2.57. The molecule has 2 atom stereocenters. The number of carboxylic acids is 1. The molecule has 0 radical (unpaired) electrons. The standard InChI is InChI=1S/C35H33ClFN7O5/c1-41(2)24-16-42(17-24)31-7-6-22(14-39-31)44-18-26(35(47)48)33(46)25-11-28(37)30(12-29(25)44)43-15-21(20-5-8-32(45)40-13-20)10-23(43)19-49-34-27(36)4-3-9-38-34/h3-9,11-14,18,21,23-24H,10,15-17,19H2,1-2H3,(H,40,45)(H,47,48)/t21-,23+/m0/s1. The first-order chi connectivity index (χ1) is 23.6. The molecule has 252 valence electrons. The lowest BCUT2D eigenvalue weighted by atomic mass is 9.98. The summed E-state index contributed by atoms with van der Waals surface area (Å²) < 4.78 is 23.8. The molecule has 2 saturated heterocycles. The van der Waals surface area contributed by atoms with Crippen molar-refractivity contribution in [2.24, 2.45) is 0 Å². The predicted molar refractivity (Wildman–Crippen MR) is 183 cm³/mol. The number of carboxylic acid groups (broad SMARTS) is 1. The number of hydrogen-bond donors (Lipinski definition) is 2. The molecule has 0 aliphatic carbocycles. The van der Waals surface area contributed by atoms with Gasteiger partial charge in [0.05, 0.1) is 29.1 Å². The van der Waals surface area contributed by atoms with Crippen LogP contribution in [0.1, 0.15) is 28.3 Å². The molecule has 12 nitrogen and oxygen atoms in total. The number of carbonyl (C=O) groups is 1. The third-order valence-electron chi connectivity index (χ3n) is 9.33. The number of ether oxygens (including phenoxy) is 1. The Labute approximate surface area is 285 Å². The molecule has 0 unspecified atom stereocenters. The van der Waals surface area contributed by atoms with Gasteiger partial charge in [0.1, 0.15) is 28.8 Å². The van der Waals surface area contributed by atoms with E-state index in [1.165, 1.54) is 12.3 Å². The van der Waals surface area contributed by atoms with Crippen LogP contribution in [0.2, 0.25) is 5.02 Å². The number of aromatic nitrogens is 4. The Morgan fingerprint density at radius 1 is 1.08 bits per heavy atom. The van der Waals surface area contributed by atoms with Gasteiger partial charge in [0.2, 0.25) is 17.2 Å². The Morgan fingerprint density at radius 3 is 2.57 bits per heavy atom. The number of pyridine rings is 4. The summed E-state index contributed by atoms with van der Waals surface area (Å²) in [4.78, 5) is 44.6. The van der Waals surface area contributed by atoms with Crippen molar-refractivity contribution < 1.29 is 24.1 Å². The summed E-state index contributed by atoms with van der Waals surface area (Å²) in [5, 5.41) is 19.9. The summed E-state index contributed by atoms with van der Waals surface area (Å²) >= 11 is 6.30. The number of rotatable bonds is 9. The summed E-state index contributed by atoms with van der Waals surface area (Å²) in [7, 11) is 4.07. The number of benzene rings is 1. The van der Waals surface area contributed by atoms with Crippen molar-refractivity contribution in [2.75, 3.05) is 50.1 Å². The van der Waals surface area contributed by atoms with Crippen molar-refractivity contribution in [2.45, 2.75) is 24.4 Å². The molecular formula is C35H33ClFN7O5. The van der Waals surface area contributed by atoms with Crippen LogP contribution in [0.4, 0.5) is 15.9 Å². The molecular weight excluding hydrogens is 653 g/mol. The fraction of sp³-hybridized carbons (Fsp3) is 0.286. The predicted octanol–water partition coefficient (Wildman–Crippen LogP) is 4.56. The molecule has 0 bridgehead atoms. The number of hydrogen-bond acceptors (Lipinski definition) is 10. The van der Waals surface area contributed by atoms with E-state index in [1.807, 2.05) is 25.1 Å². The van der Waals surface area contributed by atoms with Crippen LogP contribution in [0.3, 0.4) is 0 Å². The Balaban J connectivity index is 1.29. The third-order valence-corrected chi connectivity index (χ3v) is 9.62. The van der Waals surface area contributed by atoms with E-state index in [4.69, 9.17) is 16.3 Å². The molecule has 0 amide bonds. The minimum absolute atomic E-state index is 0.0756. The van der Waals surface area contributed by atoms with Crippen LogP contribution in [0.15, 0.2) is 78.1 Å². The summed E-state index contributed by atoms with van der Waals surface area (Å²) in [5.74, 6) is -1.28. The first-order valence-corrected chi connectivity index (χ1v) is 16.1. The lowest BCUT2D eigenvalue weighted by Gasteiger charge is -2.43. The van der Waals surface area contributed by atoms with Crippen molar-refractivity contribution in [1.82, 2.24) is 24.4 Å². The second kappa shape index (κ2) is 13.0. The van der Waals surface area contributed by atoms with E-state index in [9.17, 15) is 19.8 Å². The zero-order valence-electron chi connectivity index (χ0n) is 26.7. The minimum Gasteiger partial charge on any atom is -0.493 e. The van der Waals surface area contributed by atoms with Gasteiger partial charge in [0.15, 0.2) is 0 Å². The average molecular weight is 686 g/mol. The first-order valence-electron chi connectivity index (χ1n) is 15.7. The van der Waals surface area contributed by atoms with Crippen LogP contribution in [-0.2, 0) is 0 Å². The fourth-order valence-electron chi connectivity index (χ4n) is 6.50. The number of aromatic hydroxyl groups is 1. The van der Waals surface area contributed by atoms with Gasteiger partial charge >= 0.3 is 5.97 Å². The highest BCUT2D eigenvalue weighted by molar-refractivity contribution is 6.31. The van der Waals surface area contributed by atoms with Gasteiger partial charge in [-0.15, -0.1) is 0 Å². The van der Waals surface area contributed by atoms with Crippen molar-refractivity contribution in [3.05, 3.63) is 106 Å². The molecule has 7 rings (SSSR count). The summed E-state index contributed by atoms with van der Waals surface area (Å²) in [6.45, 7) is 2.16. The molecule has 0 spiro atoms. The van der Waals surface area contributed by atoms with E-state index < -0.39 is 22.8 Å². The maximum absolute atomic E-state index is 16.2. The summed E-state index contributed by atoms with van der Waals surface area (Å²) in [6.07, 6.45) is 6.59. The van der Waals surface area contributed by atoms with Crippen LogP contribution in [-0.4, -0.2) is 93.0 Å². The van der Waals surface area contributed by atoms with Gasteiger partial charge in [0.25, 0.3) is 0 Å². The molecule has 14 heteroatoms. The zero-order chi connectivity index (χ0) is 34.4. The molecule has 49 heavy (non-hydrogen) atoms. The van der Waals surface area contributed by atoms with Crippen LogP contribution < -0.4 is 20.0 Å². The molecule has 5 aromatic rings. The van der Waals surface area contributed by atoms with Crippen LogP contribution in [0.25, 0.3) is 16.6 Å². The smallest absolute Gasteiger partial charge is 0.341 e. The second-order valence-corrected chi connectivity index (χ2v) is 13.0. The highest BCUT2D eigenvalue weighted by Crippen LogP contribution is 2.38. The molecule has 2 aliphatic heterocycles. The van der Waals surface area contributed by atoms with E-state index in [0.717, 1.165) is 30.5 Å². The highest BCUT2D eigenvalue weighted by Gasteiger charge is 2.36. The molecule has 0 saturated carbocycles. The van der Waals surface area contributed by atoms with Gasteiger partial charge in [-0.2, -0.15) is 0 Å². The first kappa shape index (κ1) is 32.3. The van der Waals surface area contributed by atoms with E-state index in [1.54, 1.807) is 53.5 Å². The number of aromatic carboxylic acids is 1. The van der Waals surface area contributed by atoms with E-state index >= 15 is 4.39 Å². The molecule has 2 aliphatic rings. The van der Waals surface area contributed by atoms with Gasteiger partial charge in [0, 0.05) is 61.6 Å². The van der Waals surface area contributed by atoms with E-state index in [-0.39, 0.29) is 41.4 Å². The third kappa shape index (κ3) is 6.22. The normalized spacial score (nSPS) is 17.9. The fourth-order valence-corrected chi connectivity index (χ4v) is 6.68.